The van der Waals surface area contributed by atoms with Crippen molar-refractivity contribution >= 4 is 39.1 Å². The van der Waals surface area contributed by atoms with Gasteiger partial charge in [0.05, 0.1) is 28.3 Å². The van der Waals surface area contributed by atoms with E-state index in [1.54, 1.807) is 35.3 Å². The summed E-state index contributed by atoms with van der Waals surface area (Å²) in [4.78, 5) is 21.5. The van der Waals surface area contributed by atoms with Gasteiger partial charge in [0.25, 0.3) is 5.91 Å². The maximum Gasteiger partial charge on any atom is 0.257 e. The number of hydrogen-bond acceptors (Lipinski definition) is 4. The number of halogens is 2. The zero-order valence-electron chi connectivity index (χ0n) is 15.3. The van der Waals surface area contributed by atoms with E-state index in [0.717, 1.165) is 15.7 Å². The fourth-order valence-electron chi connectivity index (χ4n) is 2.94. The molecular weight excluding hydrogens is 454 g/mol. The molecule has 29 heavy (non-hydrogen) atoms. The molecule has 0 spiro atoms. The highest BCUT2D eigenvalue weighted by molar-refractivity contribution is 9.10. The van der Waals surface area contributed by atoms with Crippen LogP contribution in [-0.2, 0) is 0 Å². The van der Waals surface area contributed by atoms with Gasteiger partial charge < -0.3 is 5.32 Å². The number of aryl methyl sites for hydroxylation is 1. The minimum Gasteiger partial charge on any atom is -0.320 e. The molecule has 2 aromatic heterocycles. The molecule has 1 amide bonds. The molecule has 0 radical (unpaired) electrons. The van der Waals surface area contributed by atoms with Crippen molar-refractivity contribution in [1.29, 1.82) is 0 Å². The fraction of sp³-hybridized carbons (Fsp3) is 0.0476. The van der Waals surface area contributed by atoms with Crippen molar-refractivity contribution in [3.63, 3.8) is 0 Å². The maximum absolute atomic E-state index is 12.9. The van der Waals surface area contributed by atoms with Crippen LogP contribution in [0.2, 0.25) is 5.02 Å². The Bertz CT molecular complexity index is 1190. The molecule has 0 atom stereocenters. The van der Waals surface area contributed by atoms with Gasteiger partial charge in [0.15, 0.2) is 0 Å². The van der Waals surface area contributed by atoms with Gasteiger partial charge in [0.1, 0.15) is 12.7 Å². The largest absolute Gasteiger partial charge is 0.320 e. The van der Waals surface area contributed by atoms with E-state index in [4.69, 9.17) is 11.6 Å². The second kappa shape index (κ2) is 8.14. The minimum absolute atomic E-state index is 0.278. The second-order valence-electron chi connectivity index (χ2n) is 6.30. The van der Waals surface area contributed by atoms with Gasteiger partial charge in [-0.2, -0.15) is 5.10 Å². The van der Waals surface area contributed by atoms with Crippen molar-refractivity contribution in [1.82, 2.24) is 19.7 Å². The van der Waals surface area contributed by atoms with Crippen LogP contribution in [0.3, 0.4) is 0 Å². The first-order valence-electron chi connectivity index (χ1n) is 8.71. The predicted molar refractivity (Wildman–Crippen MR) is 116 cm³/mol. The van der Waals surface area contributed by atoms with Crippen molar-refractivity contribution in [2.45, 2.75) is 6.92 Å². The second-order valence-corrected chi connectivity index (χ2v) is 7.65. The van der Waals surface area contributed by atoms with E-state index in [-0.39, 0.29) is 5.91 Å². The summed E-state index contributed by atoms with van der Waals surface area (Å²) >= 11 is 9.59. The molecule has 144 valence electrons. The summed E-state index contributed by atoms with van der Waals surface area (Å²) in [6.45, 7) is 1.81. The third kappa shape index (κ3) is 4.21. The van der Waals surface area contributed by atoms with Gasteiger partial charge in [-0.3, -0.25) is 9.78 Å². The third-order valence-electron chi connectivity index (χ3n) is 4.32. The number of nitrogens with one attached hydrogen (secondary N) is 1. The Hall–Kier alpha value is -3.03. The Morgan fingerprint density at radius 3 is 2.72 bits per heavy atom. The van der Waals surface area contributed by atoms with Crippen LogP contribution < -0.4 is 5.32 Å². The van der Waals surface area contributed by atoms with Gasteiger partial charge in [-0.05, 0) is 49.4 Å². The van der Waals surface area contributed by atoms with Crippen LogP contribution in [0.1, 0.15) is 16.1 Å². The van der Waals surface area contributed by atoms with E-state index in [9.17, 15) is 4.79 Å². The molecule has 0 aliphatic carbocycles. The maximum atomic E-state index is 12.9. The summed E-state index contributed by atoms with van der Waals surface area (Å²) in [6.07, 6.45) is 2.98. The smallest absolute Gasteiger partial charge is 0.257 e. The number of rotatable bonds is 4. The van der Waals surface area contributed by atoms with E-state index in [1.165, 1.54) is 6.33 Å². The summed E-state index contributed by atoms with van der Waals surface area (Å²) in [5.41, 5.74) is 4.07. The molecular formula is C21H15BrClN5O. The first kappa shape index (κ1) is 19.3. The van der Waals surface area contributed by atoms with Gasteiger partial charge >= 0.3 is 0 Å². The Balaban J connectivity index is 1.64. The lowest BCUT2D eigenvalue weighted by Crippen LogP contribution is -2.16. The SMILES string of the molecule is Cc1nc(-c2cccc(Br)c2)ccc1C(=O)Nc1cc(Cl)ccc1-n1cncn1. The zero-order chi connectivity index (χ0) is 20.4. The highest BCUT2D eigenvalue weighted by Crippen LogP contribution is 2.26. The quantitative estimate of drug-likeness (QED) is 0.441. The monoisotopic (exact) mass is 467 g/mol. The molecule has 0 fully saturated rings. The molecule has 2 heterocycles. The number of pyridine rings is 1. The van der Waals surface area contributed by atoms with Crippen molar-refractivity contribution < 1.29 is 4.79 Å². The van der Waals surface area contributed by atoms with Crippen LogP contribution in [0.15, 0.2) is 71.7 Å². The van der Waals surface area contributed by atoms with E-state index >= 15 is 0 Å². The fourth-order valence-corrected chi connectivity index (χ4v) is 3.51. The molecule has 0 bridgehead atoms. The lowest BCUT2D eigenvalue weighted by Gasteiger charge is -2.13. The number of hydrogen-bond donors (Lipinski definition) is 1. The molecule has 2 aromatic carbocycles. The molecule has 1 N–H and O–H groups in total. The molecule has 0 aliphatic rings. The number of amides is 1. The molecule has 8 heteroatoms. The molecule has 0 aliphatic heterocycles. The van der Waals surface area contributed by atoms with E-state index < -0.39 is 0 Å². The van der Waals surface area contributed by atoms with Crippen LogP contribution in [-0.4, -0.2) is 25.7 Å². The van der Waals surface area contributed by atoms with Crippen molar-refractivity contribution in [2.24, 2.45) is 0 Å². The van der Waals surface area contributed by atoms with Gasteiger partial charge in [-0.15, -0.1) is 0 Å². The van der Waals surface area contributed by atoms with Crippen molar-refractivity contribution in [3.05, 3.63) is 88.0 Å². The van der Waals surface area contributed by atoms with Crippen molar-refractivity contribution in [2.75, 3.05) is 5.32 Å². The van der Waals surface area contributed by atoms with Gasteiger partial charge in [0, 0.05) is 15.1 Å². The van der Waals surface area contributed by atoms with Gasteiger partial charge in [0.2, 0.25) is 0 Å². The topological polar surface area (TPSA) is 72.7 Å². The lowest BCUT2D eigenvalue weighted by molar-refractivity contribution is 0.102. The molecule has 0 unspecified atom stereocenters. The molecule has 4 rings (SSSR count). The van der Waals surface area contributed by atoms with Crippen LogP contribution in [0.25, 0.3) is 16.9 Å². The molecule has 0 saturated heterocycles. The summed E-state index contributed by atoms with van der Waals surface area (Å²) in [6, 6.07) is 16.6. The van der Waals surface area contributed by atoms with Crippen molar-refractivity contribution in [3.8, 4) is 16.9 Å². The average Bonchev–Trinajstić information content (AvgIpc) is 3.22. The number of aromatic nitrogens is 4. The average molecular weight is 469 g/mol. The Morgan fingerprint density at radius 1 is 1.14 bits per heavy atom. The summed E-state index contributed by atoms with van der Waals surface area (Å²) in [5.74, 6) is -0.278. The number of carbonyl (C=O) groups is 1. The van der Waals surface area contributed by atoms with Crippen LogP contribution >= 0.6 is 27.5 Å². The Labute approximate surface area is 180 Å². The van der Waals surface area contributed by atoms with E-state index in [1.807, 2.05) is 37.3 Å². The Kier molecular flexibility index (Phi) is 5.42. The first-order valence-corrected chi connectivity index (χ1v) is 9.88. The van der Waals surface area contributed by atoms with Gasteiger partial charge in [-0.1, -0.05) is 39.7 Å². The van der Waals surface area contributed by atoms with Crippen LogP contribution in [0.5, 0.6) is 0 Å². The lowest BCUT2D eigenvalue weighted by atomic mass is 10.1. The summed E-state index contributed by atoms with van der Waals surface area (Å²) < 4.78 is 2.53. The number of anilines is 1. The molecule has 4 aromatic rings. The number of benzene rings is 2. The third-order valence-corrected chi connectivity index (χ3v) is 5.05. The summed E-state index contributed by atoms with van der Waals surface area (Å²) in [5, 5.41) is 7.53. The first-order chi connectivity index (χ1) is 14.0. The number of nitrogens with zero attached hydrogens (tertiary/aromatic N) is 4. The van der Waals surface area contributed by atoms with Crippen LogP contribution in [0.4, 0.5) is 5.69 Å². The zero-order valence-corrected chi connectivity index (χ0v) is 17.6. The summed E-state index contributed by atoms with van der Waals surface area (Å²) in [7, 11) is 0. The number of carbonyl (C=O) groups excluding carboxylic acids is 1. The highest BCUT2D eigenvalue weighted by Gasteiger charge is 2.15. The van der Waals surface area contributed by atoms with Crippen LogP contribution in [0, 0.1) is 6.92 Å². The minimum atomic E-state index is -0.278. The van der Waals surface area contributed by atoms with E-state index in [2.05, 4.69) is 36.3 Å². The van der Waals surface area contributed by atoms with E-state index in [0.29, 0.717) is 27.7 Å². The standard InChI is InChI=1S/C21H15BrClN5O/c1-13-17(6-7-18(26-13)14-3-2-4-15(22)9-14)21(29)27-19-10-16(23)5-8-20(19)28-12-24-11-25-28/h2-12H,1H3,(H,27,29). The molecule has 6 nitrogen and oxygen atoms in total. The van der Waals surface area contributed by atoms with Gasteiger partial charge in [-0.25, -0.2) is 9.67 Å². The normalized spacial score (nSPS) is 10.7. The predicted octanol–water partition coefficient (Wildman–Crippen LogP) is 5.31. The molecule has 0 saturated carbocycles. The Morgan fingerprint density at radius 2 is 2.00 bits per heavy atom. The highest BCUT2D eigenvalue weighted by atomic mass is 79.9.